The Hall–Kier alpha value is -2.25. The molecule has 8 nitrogen and oxygen atoms in total. The van der Waals surface area contributed by atoms with Crippen LogP contribution >= 0.6 is 7.82 Å². The van der Waals surface area contributed by atoms with Crippen LogP contribution in [0, 0.1) is 0 Å². The zero-order chi connectivity index (χ0) is 38.9. The molecular weight excluding hydrogens is 687 g/mol. The first-order chi connectivity index (χ1) is 25.8. The molecule has 0 aliphatic rings. The number of allylic oxidation sites excluding steroid dienone is 10. The van der Waals surface area contributed by atoms with Crippen molar-refractivity contribution in [3.05, 3.63) is 60.8 Å². The van der Waals surface area contributed by atoms with E-state index in [1.807, 2.05) is 0 Å². The number of phosphoric ester groups is 1. The van der Waals surface area contributed by atoms with E-state index in [1.54, 1.807) is 0 Å². The van der Waals surface area contributed by atoms with Gasteiger partial charge in [0.2, 0.25) is 0 Å². The number of ether oxygens (including phenoxy) is 2. The molecule has 0 saturated carbocycles. The summed E-state index contributed by atoms with van der Waals surface area (Å²) in [5.41, 5.74) is 0. The standard InChI is InChI=1S/C44H77O8P/c1-4-6-8-10-12-14-16-18-19-20-21-22-23-24-25-27-28-30-32-34-36-38-43(45)50-40-42(41-51-53(47,48)49-3)52-44(46)39-37-35-33-31-29-26-17-15-13-11-9-7-5-2/h7,9,13,15-16,18,20-21,26,29,42H,4-6,8,10-12,14,17,19,22-25,27-28,30-41H2,1-3H3,(H,47,48)/b9-7-,15-13-,18-16-,21-20-,29-26-. The zero-order valence-electron chi connectivity index (χ0n) is 33.9. The molecule has 1 N–H and O–H groups in total. The van der Waals surface area contributed by atoms with Crippen LogP contribution in [0.2, 0.25) is 0 Å². The highest BCUT2D eigenvalue weighted by Crippen LogP contribution is 2.42. The quantitative estimate of drug-likeness (QED) is 0.0286. The zero-order valence-corrected chi connectivity index (χ0v) is 34.8. The first-order valence-electron chi connectivity index (χ1n) is 21.0. The van der Waals surface area contributed by atoms with Crippen molar-refractivity contribution in [1.29, 1.82) is 0 Å². The Morgan fingerprint density at radius 3 is 1.45 bits per heavy atom. The van der Waals surface area contributed by atoms with Gasteiger partial charge in [-0.2, -0.15) is 0 Å². The van der Waals surface area contributed by atoms with E-state index in [2.05, 4.69) is 79.1 Å². The van der Waals surface area contributed by atoms with Crippen LogP contribution in [0.1, 0.15) is 181 Å². The van der Waals surface area contributed by atoms with Crippen LogP contribution in [0.5, 0.6) is 0 Å². The number of hydrogen-bond donors (Lipinski definition) is 1. The molecule has 0 amide bonds. The van der Waals surface area contributed by atoms with Crippen molar-refractivity contribution in [1.82, 2.24) is 0 Å². The van der Waals surface area contributed by atoms with Crippen LogP contribution in [0.15, 0.2) is 60.8 Å². The number of carbonyl (C=O) groups is 2. The third-order valence-corrected chi connectivity index (χ3v) is 9.68. The predicted octanol–water partition coefficient (Wildman–Crippen LogP) is 13.2. The van der Waals surface area contributed by atoms with Crippen molar-refractivity contribution < 1.29 is 37.6 Å². The maximum atomic E-state index is 12.5. The maximum Gasteiger partial charge on any atom is 0.472 e. The molecule has 306 valence electrons. The molecule has 0 saturated heterocycles. The Morgan fingerprint density at radius 1 is 0.547 bits per heavy atom. The van der Waals surface area contributed by atoms with Crippen LogP contribution in [0.3, 0.4) is 0 Å². The molecule has 0 aromatic heterocycles. The second-order valence-corrected chi connectivity index (χ2v) is 15.3. The molecule has 0 radical (unpaired) electrons. The van der Waals surface area contributed by atoms with Crippen LogP contribution < -0.4 is 0 Å². The third-order valence-electron chi connectivity index (χ3n) is 8.75. The van der Waals surface area contributed by atoms with Gasteiger partial charge in [-0.1, -0.05) is 152 Å². The van der Waals surface area contributed by atoms with Gasteiger partial charge >= 0.3 is 19.8 Å². The predicted molar refractivity (Wildman–Crippen MR) is 221 cm³/mol. The average Bonchev–Trinajstić information content (AvgIpc) is 3.15. The van der Waals surface area contributed by atoms with Gasteiger partial charge in [-0.15, -0.1) is 0 Å². The van der Waals surface area contributed by atoms with E-state index in [0.717, 1.165) is 71.3 Å². The van der Waals surface area contributed by atoms with E-state index in [-0.39, 0.29) is 25.4 Å². The third kappa shape index (κ3) is 39.3. The Balaban J connectivity index is 4.01. The first-order valence-corrected chi connectivity index (χ1v) is 22.5. The van der Waals surface area contributed by atoms with E-state index in [4.69, 9.17) is 14.0 Å². The fourth-order valence-electron chi connectivity index (χ4n) is 5.53. The SMILES string of the molecule is CC/C=C\C/C=C\C/C=C\CCCCCC(=O)OC(COC(=O)CCCCCCCCCCC/C=C\C/C=C\CCCCCCC)COP(=O)(O)OC. The lowest BCUT2D eigenvalue weighted by molar-refractivity contribution is -0.161. The molecule has 0 bridgehead atoms. The Bertz CT molecular complexity index is 1050. The summed E-state index contributed by atoms with van der Waals surface area (Å²) >= 11 is 0. The molecule has 0 rings (SSSR count). The second kappa shape index (κ2) is 39.4. The van der Waals surface area contributed by atoms with E-state index in [9.17, 15) is 19.0 Å². The van der Waals surface area contributed by atoms with Crippen LogP contribution in [-0.2, 0) is 32.7 Å². The van der Waals surface area contributed by atoms with Crippen molar-refractivity contribution in [3.63, 3.8) is 0 Å². The minimum atomic E-state index is -4.27. The molecule has 2 atom stereocenters. The number of carbonyl (C=O) groups excluding carboxylic acids is 2. The highest BCUT2D eigenvalue weighted by atomic mass is 31.2. The molecule has 0 spiro atoms. The molecule has 0 aromatic rings. The van der Waals surface area contributed by atoms with Crippen molar-refractivity contribution >= 4 is 19.8 Å². The van der Waals surface area contributed by atoms with E-state index in [0.29, 0.717) is 6.42 Å². The van der Waals surface area contributed by atoms with E-state index < -0.39 is 26.5 Å². The molecule has 0 fully saturated rings. The highest BCUT2D eigenvalue weighted by molar-refractivity contribution is 7.47. The fourth-order valence-corrected chi connectivity index (χ4v) is 5.99. The molecule has 2 unspecified atom stereocenters. The molecule has 0 aromatic carbocycles. The molecule has 9 heteroatoms. The molecule has 0 aliphatic carbocycles. The lowest BCUT2D eigenvalue weighted by Crippen LogP contribution is -2.29. The van der Waals surface area contributed by atoms with Crippen LogP contribution in [0.4, 0.5) is 0 Å². The largest absolute Gasteiger partial charge is 0.472 e. The van der Waals surface area contributed by atoms with Gasteiger partial charge in [-0.3, -0.25) is 18.6 Å². The van der Waals surface area contributed by atoms with Crippen LogP contribution in [-0.4, -0.2) is 43.3 Å². The Kier molecular flexibility index (Phi) is 37.8. The molecule has 53 heavy (non-hydrogen) atoms. The summed E-state index contributed by atoms with van der Waals surface area (Å²) in [6.07, 6.45) is 48.5. The monoisotopic (exact) mass is 765 g/mol. The minimum absolute atomic E-state index is 0.206. The van der Waals surface area contributed by atoms with Gasteiger partial charge in [0, 0.05) is 20.0 Å². The summed E-state index contributed by atoms with van der Waals surface area (Å²) in [7, 11) is -3.22. The first kappa shape index (κ1) is 50.8. The maximum absolute atomic E-state index is 12.5. The van der Waals surface area contributed by atoms with E-state index in [1.165, 1.54) is 83.5 Å². The topological polar surface area (TPSA) is 108 Å². The Labute approximate surface area is 324 Å². The van der Waals surface area contributed by atoms with Crippen LogP contribution in [0.25, 0.3) is 0 Å². The summed E-state index contributed by atoms with van der Waals surface area (Å²) in [6, 6.07) is 0. The van der Waals surface area contributed by atoms with Gasteiger partial charge in [-0.05, 0) is 77.0 Å². The lowest BCUT2D eigenvalue weighted by atomic mass is 10.1. The molecular formula is C44H77O8P. The summed E-state index contributed by atoms with van der Waals surface area (Å²) in [6.45, 7) is 3.73. The smallest absolute Gasteiger partial charge is 0.462 e. The minimum Gasteiger partial charge on any atom is -0.462 e. The Morgan fingerprint density at radius 2 is 0.962 bits per heavy atom. The van der Waals surface area contributed by atoms with Gasteiger partial charge in [-0.25, -0.2) is 4.57 Å². The van der Waals surface area contributed by atoms with Crippen molar-refractivity contribution in [2.24, 2.45) is 0 Å². The van der Waals surface area contributed by atoms with Crippen molar-refractivity contribution in [2.75, 3.05) is 20.3 Å². The fraction of sp³-hybridized carbons (Fsp3) is 0.727. The van der Waals surface area contributed by atoms with Gasteiger partial charge in [0.05, 0.1) is 6.61 Å². The average molecular weight is 765 g/mol. The summed E-state index contributed by atoms with van der Waals surface area (Å²) in [4.78, 5) is 34.4. The number of phosphoric acid groups is 1. The highest BCUT2D eigenvalue weighted by Gasteiger charge is 2.24. The normalized spacial score (nSPS) is 14.0. The van der Waals surface area contributed by atoms with E-state index >= 15 is 0 Å². The van der Waals surface area contributed by atoms with Gasteiger partial charge in [0.25, 0.3) is 0 Å². The summed E-state index contributed by atoms with van der Waals surface area (Å²) in [5.74, 6) is -0.846. The molecule has 0 heterocycles. The molecule has 0 aliphatic heterocycles. The number of unbranched alkanes of at least 4 members (excludes halogenated alkanes) is 17. The summed E-state index contributed by atoms with van der Waals surface area (Å²) < 4.78 is 31.9. The van der Waals surface area contributed by atoms with Gasteiger partial charge in [0.1, 0.15) is 6.61 Å². The number of hydrogen-bond acceptors (Lipinski definition) is 7. The number of esters is 2. The van der Waals surface area contributed by atoms with Crippen molar-refractivity contribution in [3.8, 4) is 0 Å². The van der Waals surface area contributed by atoms with Crippen molar-refractivity contribution in [2.45, 2.75) is 187 Å². The van der Waals surface area contributed by atoms with Gasteiger partial charge < -0.3 is 14.4 Å². The van der Waals surface area contributed by atoms with Gasteiger partial charge in [0.15, 0.2) is 6.10 Å². The number of rotatable bonds is 38. The lowest BCUT2D eigenvalue weighted by Gasteiger charge is -2.19. The second-order valence-electron chi connectivity index (χ2n) is 13.7. The summed E-state index contributed by atoms with van der Waals surface area (Å²) in [5, 5.41) is 0.